The monoisotopic (exact) mass is 882 g/mol. The zero-order valence-corrected chi connectivity index (χ0v) is 41.5. The van der Waals surface area contributed by atoms with Crippen LogP contribution in [0, 0.1) is 0 Å². The maximum Gasteiger partial charge on any atom is 0.305 e. The standard InChI is InChI=1S/C57H103NO5/c1-3-5-7-9-11-13-15-16-17-18-21-24-27-31-35-39-43-47-51-57(62)63-52-48-44-40-36-32-28-25-22-19-20-23-26-30-34-38-42-46-50-56(61)58-54(53-59)55(60)49-45-41-37-33-29-14-12-10-8-6-4-2/h13,15,17-19,22,28,32,45,49,54-55,59-60H,3-12,14,16,20-21,23-27,29-31,33-44,46-48,50-53H2,1-2H3,(H,58,61)/b15-13-,18-17-,22-19-,32-28-,49-45+. The lowest BCUT2D eigenvalue weighted by atomic mass is 10.1. The summed E-state index contributed by atoms with van der Waals surface area (Å²) in [7, 11) is 0. The summed E-state index contributed by atoms with van der Waals surface area (Å²) in [5, 5.41) is 23.0. The lowest BCUT2D eigenvalue weighted by Gasteiger charge is -2.20. The van der Waals surface area contributed by atoms with Crippen LogP contribution in [-0.4, -0.2) is 47.4 Å². The summed E-state index contributed by atoms with van der Waals surface area (Å²) in [6, 6.07) is -0.640. The van der Waals surface area contributed by atoms with Gasteiger partial charge in [-0.1, -0.05) is 209 Å². The van der Waals surface area contributed by atoms with Crippen LogP contribution in [0.5, 0.6) is 0 Å². The van der Waals surface area contributed by atoms with Gasteiger partial charge in [0.25, 0.3) is 0 Å². The number of esters is 1. The molecule has 0 radical (unpaired) electrons. The Morgan fingerprint density at radius 3 is 1.22 bits per heavy atom. The summed E-state index contributed by atoms with van der Waals surface area (Å²) >= 11 is 0. The molecule has 6 nitrogen and oxygen atoms in total. The molecular formula is C57H103NO5. The number of allylic oxidation sites excluding steroid dienone is 9. The van der Waals surface area contributed by atoms with Crippen molar-refractivity contribution in [3.8, 4) is 0 Å². The number of amides is 1. The Bertz CT molecular complexity index is 1110. The van der Waals surface area contributed by atoms with Crippen molar-refractivity contribution in [2.45, 2.75) is 276 Å². The van der Waals surface area contributed by atoms with Gasteiger partial charge in [-0.15, -0.1) is 0 Å². The van der Waals surface area contributed by atoms with Crippen molar-refractivity contribution < 1.29 is 24.5 Å². The van der Waals surface area contributed by atoms with Gasteiger partial charge in [0.05, 0.1) is 25.4 Å². The summed E-state index contributed by atoms with van der Waals surface area (Å²) in [4.78, 5) is 24.4. The van der Waals surface area contributed by atoms with Crippen molar-refractivity contribution >= 4 is 11.9 Å². The molecule has 2 atom stereocenters. The molecule has 0 aromatic carbocycles. The molecule has 0 bridgehead atoms. The molecule has 0 saturated carbocycles. The molecule has 6 heteroatoms. The molecule has 0 spiro atoms. The van der Waals surface area contributed by atoms with Crippen LogP contribution < -0.4 is 5.32 Å². The number of nitrogens with one attached hydrogen (secondary N) is 1. The second-order valence-electron chi connectivity index (χ2n) is 18.2. The average Bonchev–Trinajstić information content (AvgIpc) is 3.28. The SMILES string of the molecule is CCCCCC/C=C\C/C=C\CCCCCCCCCC(=O)OCCCCC/C=C\C/C=C\CCCCCCCCCC(=O)NC(CO)C(O)/C=C/CCCCCCCCCCC. The van der Waals surface area contributed by atoms with E-state index in [1.54, 1.807) is 6.08 Å². The fourth-order valence-electron chi connectivity index (χ4n) is 7.81. The van der Waals surface area contributed by atoms with E-state index in [1.165, 1.54) is 148 Å². The first-order valence-corrected chi connectivity index (χ1v) is 27.1. The van der Waals surface area contributed by atoms with Gasteiger partial charge in [0.2, 0.25) is 5.91 Å². The van der Waals surface area contributed by atoms with Crippen molar-refractivity contribution in [1.29, 1.82) is 0 Å². The molecule has 63 heavy (non-hydrogen) atoms. The maximum absolute atomic E-state index is 12.4. The Labute approximate surface area is 390 Å². The van der Waals surface area contributed by atoms with Crippen molar-refractivity contribution in [3.63, 3.8) is 0 Å². The van der Waals surface area contributed by atoms with Crippen LogP contribution in [0.2, 0.25) is 0 Å². The molecule has 0 aliphatic heterocycles. The lowest BCUT2D eigenvalue weighted by molar-refractivity contribution is -0.143. The topological polar surface area (TPSA) is 95.9 Å². The number of ether oxygens (including phenoxy) is 1. The summed E-state index contributed by atoms with van der Waals surface area (Å²) in [6.07, 6.45) is 66.6. The van der Waals surface area contributed by atoms with E-state index in [4.69, 9.17) is 4.74 Å². The molecule has 0 fully saturated rings. The highest BCUT2D eigenvalue weighted by molar-refractivity contribution is 5.76. The minimum absolute atomic E-state index is 0.0250. The van der Waals surface area contributed by atoms with E-state index in [-0.39, 0.29) is 18.5 Å². The third-order valence-electron chi connectivity index (χ3n) is 12.0. The Hall–Kier alpha value is -2.44. The molecular weight excluding hydrogens is 779 g/mol. The minimum atomic E-state index is -0.855. The van der Waals surface area contributed by atoms with Gasteiger partial charge >= 0.3 is 5.97 Å². The predicted molar refractivity (Wildman–Crippen MR) is 273 cm³/mol. The Morgan fingerprint density at radius 1 is 0.444 bits per heavy atom. The zero-order chi connectivity index (χ0) is 45.8. The van der Waals surface area contributed by atoms with Crippen LogP contribution in [0.4, 0.5) is 0 Å². The lowest BCUT2D eigenvalue weighted by Crippen LogP contribution is -2.45. The van der Waals surface area contributed by atoms with Crippen LogP contribution in [0.15, 0.2) is 60.8 Å². The van der Waals surface area contributed by atoms with Crippen LogP contribution in [0.1, 0.15) is 264 Å². The molecule has 3 N–H and O–H groups in total. The molecule has 1 amide bonds. The molecule has 0 saturated heterocycles. The Balaban J connectivity index is 3.52. The van der Waals surface area contributed by atoms with Crippen LogP contribution in [0.25, 0.3) is 0 Å². The van der Waals surface area contributed by atoms with E-state index in [2.05, 4.69) is 67.8 Å². The third-order valence-corrected chi connectivity index (χ3v) is 12.0. The second-order valence-corrected chi connectivity index (χ2v) is 18.2. The summed E-state index contributed by atoms with van der Waals surface area (Å²) in [5.41, 5.74) is 0. The van der Waals surface area contributed by atoms with Crippen LogP contribution in [0.3, 0.4) is 0 Å². The number of rotatable bonds is 49. The normalized spacial score (nSPS) is 13.1. The number of carbonyl (C=O) groups is 2. The number of aliphatic hydroxyl groups is 2. The fourth-order valence-corrected chi connectivity index (χ4v) is 7.81. The van der Waals surface area contributed by atoms with Crippen molar-refractivity contribution in [2.24, 2.45) is 0 Å². The van der Waals surface area contributed by atoms with Gasteiger partial charge in [-0.2, -0.15) is 0 Å². The van der Waals surface area contributed by atoms with Gasteiger partial charge in [-0.05, 0) is 103 Å². The van der Waals surface area contributed by atoms with Gasteiger partial charge in [0.15, 0.2) is 0 Å². The Kier molecular flexibility index (Phi) is 50.2. The number of aliphatic hydroxyl groups excluding tert-OH is 2. The van der Waals surface area contributed by atoms with Crippen LogP contribution >= 0.6 is 0 Å². The highest BCUT2D eigenvalue weighted by atomic mass is 16.5. The molecule has 0 rings (SSSR count). The highest BCUT2D eigenvalue weighted by Crippen LogP contribution is 2.14. The molecule has 0 aromatic heterocycles. The molecule has 0 aromatic rings. The van der Waals surface area contributed by atoms with Crippen molar-refractivity contribution in [3.05, 3.63) is 60.8 Å². The summed E-state index contributed by atoms with van der Waals surface area (Å²) in [5.74, 6) is -0.112. The van der Waals surface area contributed by atoms with Crippen molar-refractivity contribution in [2.75, 3.05) is 13.2 Å². The van der Waals surface area contributed by atoms with E-state index in [1.807, 2.05) is 6.08 Å². The van der Waals surface area contributed by atoms with Crippen LogP contribution in [-0.2, 0) is 14.3 Å². The van der Waals surface area contributed by atoms with Gasteiger partial charge in [-0.3, -0.25) is 9.59 Å². The van der Waals surface area contributed by atoms with E-state index >= 15 is 0 Å². The van der Waals surface area contributed by atoms with Gasteiger partial charge in [0.1, 0.15) is 0 Å². The minimum Gasteiger partial charge on any atom is -0.466 e. The molecule has 0 aliphatic rings. The number of hydrogen-bond acceptors (Lipinski definition) is 5. The third kappa shape index (κ3) is 48.8. The predicted octanol–water partition coefficient (Wildman–Crippen LogP) is 16.4. The molecule has 366 valence electrons. The van der Waals surface area contributed by atoms with Gasteiger partial charge < -0.3 is 20.3 Å². The smallest absolute Gasteiger partial charge is 0.305 e. The molecule has 0 heterocycles. The molecule has 0 aliphatic carbocycles. The zero-order valence-electron chi connectivity index (χ0n) is 41.5. The first kappa shape index (κ1) is 60.6. The number of carbonyl (C=O) groups excluding carboxylic acids is 2. The quantitative estimate of drug-likeness (QED) is 0.0321. The summed E-state index contributed by atoms with van der Waals surface area (Å²) < 4.78 is 5.45. The molecule has 2 unspecified atom stereocenters. The van der Waals surface area contributed by atoms with E-state index in [0.717, 1.165) is 89.9 Å². The largest absolute Gasteiger partial charge is 0.466 e. The fraction of sp³-hybridized carbons (Fsp3) is 0.789. The highest BCUT2D eigenvalue weighted by Gasteiger charge is 2.18. The first-order chi connectivity index (χ1) is 31.0. The van der Waals surface area contributed by atoms with Gasteiger partial charge in [-0.25, -0.2) is 0 Å². The average molecular weight is 882 g/mol. The Morgan fingerprint density at radius 2 is 0.794 bits per heavy atom. The van der Waals surface area contributed by atoms with E-state index < -0.39 is 12.1 Å². The summed E-state index contributed by atoms with van der Waals surface area (Å²) in [6.45, 7) is 4.81. The maximum atomic E-state index is 12.4. The van der Waals surface area contributed by atoms with Gasteiger partial charge in [0, 0.05) is 12.8 Å². The van der Waals surface area contributed by atoms with E-state index in [9.17, 15) is 19.8 Å². The number of hydrogen-bond donors (Lipinski definition) is 3. The second kappa shape index (κ2) is 52.2. The van der Waals surface area contributed by atoms with Crippen molar-refractivity contribution in [1.82, 2.24) is 5.32 Å². The van der Waals surface area contributed by atoms with E-state index in [0.29, 0.717) is 19.4 Å². The number of unbranched alkanes of at least 4 members (excludes halogenated alkanes) is 30. The first-order valence-electron chi connectivity index (χ1n) is 27.1.